The average molecular weight is 297 g/mol. The van der Waals surface area contributed by atoms with E-state index in [4.69, 9.17) is 0 Å². The molecule has 3 nitrogen and oxygen atoms in total. The molecule has 0 aliphatic carbocycles. The first-order valence-corrected chi connectivity index (χ1v) is 7.06. The van der Waals surface area contributed by atoms with Gasteiger partial charge in [-0.25, -0.2) is 8.78 Å². The van der Waals surface area contributed by atoms with Crippen LogP contribution < -0.4 is 5.32 Å². The summed E-state index contributed by atoms with van der Waals surface area (Å²) < 4.78 is 30.8. The van der Waals surface area contributed by atoms with E-state index in [1.165, 1.54) is 23.7 Å². The van der Waals surface area contributed by atoms with Crippen LogP contribution in [0.4, 0.5) is 8.78 Å². The Morgan fingerprint density at radius 2 is 1.75 bits per heavy atom. The molecular weight excluding hydrogens is 280 g/mol. The molecule has 0 fully saturated rings. The lowest BCUT2D eigenvalue weighted by atomic mass is 9.89. The zero-order chi connectivity index (χ0) is 14.9. The van der Waals surface area contributed by atoms with Crippen LogP contribution >= 0.6 is 11.5 Å². The van der Waals surface area contributed by atoms with Gasteiger partial charge in [-0.3, -0.25) is 0 Å². The van der Waals surface area contributed by atoms with Gasteiger partial charge < -0.3 is 5.32 Å². The molecule has 0 spiro atoms. The normalized spacial score (nSPS) is 13.5. The molecule has 6 heteroatoms. The van der Waals surface area contributed by atoms with Crippen molar-refractivity contribution in [2.75, 3.05) is 7.05 Å². The third kappa shape index (κ3) is 3.02. The van der Waals surface area contributed by atoms with E-state index in [1.54, 1.807) is 7.05 Å². The second-order valence-electron chi connectivity index (χ2n) is 5.66. The Kier molecular flexibility index (Phi) is 4.15. The molecule has 0 amide bonds. The predicted molar refractivity (Wildman–Crippen MR) is 75.9 cm³/mol. The molecule has 2 rings (SSSR count). The Morgan fingerprint density at radius 3 is 2.25 bits per heavy atom. The fraction of sp³-hybridized carbons (Fsp3) is 0.429. The summed E-state index contributed by atoms with van der Waals surface area (Å²) in [5.74, 6) is -1.18. The fourth-order valence-corrected chi connectivity index (χ4v) is 3.10. The first-order chi connectivity index (χ1) is 9.32. The van der Waals surface area contributed by atoms with Gasteiger partial charge in [0, 0.05) is 11.5 Å². The standard InChI is InChI=1S/C14H17F2N3S/c1-14(2,3)13-12(20-19-18-13)11(17-4)8-5-9(15)7-10(16)6-8/h5-7,11,17H,1-4H3. The number of nitrogens with zero attached hydrogens (tertiary/aromatic N) is 2. The van der Waals surface area contributed by atoms with Gasteiger partial charge in [0.2, 0.25) is 0 Å². The van der Waals surface area contributed by atoms with Crippen molar-refractivity contribution >= 4 is 11.5 Å². The summed E-state index contributed by atoms with van der Waals surface area (Å²) in [6, 6.07) is 3.20. The van der Waals surface area contributed by atoms with Crippen LogP contribution in [0.25, 0.3) is 0 Å². The van der Waals surface area contributed by atoms with Crippen LogP contribution in [-0.4, -0.2) is 16.6 Å². The van der Waals surface area contributed by atoms with Crippen molar-refractivity contribution in [3.63, 3.8) is 0 Å². The molecule has 0 saturated carbocycles. The highest BCUT2D eigenvalue weighted by Gasteiger charge is 2.27. The first kappa shape index (κ1) is 15.0. The van der Waals surface area contributed by atoms with Gasteiger partial charge in [-0.05, 0) is 36.3 Å². The van der Waals surface area contributed by atoms with Crippen molar-refractivity contribution < 1.29 is 8.78 Å². The summed E-state index contributed by atoms with van der Waals surface area (Å²) in [5, 5.41) is 7.25. The number of nitrogens with one attached hydrogen (secondary N) is 1. The maximum Gasteiger partial charge on any atom is 0.126 e. The second kappa shape index (κ2) is 5.54. The SMILES string of the molecule is CNC(c1cc(F)cc(F)c1)c1snnc1C(C)(C)C. The first-order valence-electron chi connectivity index (χ1n) is 6.29. The monoisotopic (exact) mass is 297 g/mol. The van der Waals surface area contributed by atoms with E-state index in [0.717, 1.165) is 16.6 Å². The van der Waals surface area contributed by atoms with Crippen LogP contribution in [-0.2, 0) is 5.41 Å². The Morgan fingerprint density at radius 1 is 1.15 bits per heavy atom. The summed E-state index contributed by atoms with van der Waals surface area (Å²) in [4.78, 5) is 0.880. The number of hydrogen-bond acceptors (Lipinski definition) is 4. The minimum Gasteiger partial charge on any atom is -0.309 e. The summed E-state index contributed by atoms with van der Waals surface area (Å²) in [6.07, 6.45) is 0. The van der Waals surface area contributed by atoms with Gasteiger partial charge in [0.25, 0.3) is 0 Å². The van der Waals surface area contributed by atoms with Crippen LogP contribution in [0.2, 0.25) is 0 Å². The predicted octanol–water partition coefficient (Wildman–Crippen LogP) is 3.42. The fourth-order valence-electron chi connectivity index (χ4n) is 2.10. The van der Waals surface area contributed by atoms with E-state index >= 15 is 0 Å². The Hall–Kier alpha value is -1.40. The van der Waals surface area contributed by atoms with Gasteiger partial charge in [-0.15, -0.1) is 5.10 Å². The average Bonchev–Trinajstić information content (AvgIpc) is 2.77. The Labute approximate surface area is 121 Å². The van der Waals surface area contributed by atoms with Crippen molar-refractivity contribution in [2.45, 2.75) is 32.2 Å². The maximum absolute atomic E-state index is 13.4. The highest BCUT2D eigenvalue weighted by Crippen LogP contribution is 2.33. The zero-order valence-corrected chi connectivity index (χ0v) is 12.7. The Balaban J connectivity index is 2.50. The van der Waals surface area contributed by atoms with Crippen LogP contribution in [0.1, 0.15) is 42.9 Å². The molecule has 0 radical (unpaired) electrons. The lowest BCUT2D eigenvalue weighted by Crippen LogP contribution is -2.22. The van der Waals surface area contributed by atoms with E-state index in [-0.39, 0.29) is 11.5 Å². The van der Waals surface area contributed by atoms with Crippen molar-refractivity contribution in [1.82, 2.24) is 14.9 Å². The highest BCUT2D eigenvalue weighted by atomic mass is 32.1. The summed E-state index contributed by atoms with van der Waals surface area (Å²) in [6.45, 7) is 6.10. The van der Waals surface area contributed by atoms with Crippen LogP contribution in [0.15, 0.2) is 18.2 Å². The molecule has 1 atom stereocenters. The third-order valence-electron chi connectivity index (χ3n) is 2.99. The van der Waals surface area contributed by atoms with Crippen LogP contribution in [0.5, 0.6) is 0 Å². The molecule has 0 bridgehead atoms. The molecule has 1 aromatic carbocycles. The third-order valence-corrected chi connectivity index (χ3v) is 3.78. The topological polar surface area (TPSA) is 37.8 Å². The van der Waals surface area contributed by atoms with E-state index in [9.17, 15) is 8.78 Å². The van der Waals surface area contributed by atoms with Gasteiger partial charge in [0.05, 0.1) is 16.6 Å². The molecule has 0 saturated heterocycles. The van der Waals surface area contributed by atoms with Crippen molar-refractivity contribution in [3.8, 4) is 0 Å². The number of rotatable bonds is 3. The summed E-state index contributed by atoms with van der Waals surface area (Å²) in [5.41, 5.74) is 1.19. The van der Waals surface area contributed by atoms with E-state index in [2.05, 4.69) is 14.9 Å². The van der Waals surface area contributed by atoms with E-state index in [0.29, 0.717) is 5.56 Å². The lowest BCUT2D eigenvalue weighted by molar-refractivity contribution is 0.545. The van der Waals surface area contributed by atoms with Gasteiger partial charge in [-0.1, -0.05) is 25.3 Å². The molecule has 1 aromatic heterocycles. The van der Waals surface area contributed by atoms with E-state index < -0.39 is 11.6 Å². The van der Waals surface area contributed by atoms with Crippen molar-refractivity contribution in [1.29, 1.82) is 0 Å². The number of hydrogen-bond donors (Lipinski definition) is 1. The molecule has 0 aliphatic heterocycles. The highest BCUT2D eigenvalue weighted by molar-refractivity contribution is 7.05. The smallest absolute Gasteiger partial charge is 0.126 e. The second-order valence-corrected chi connectivity index (χ2v) is 6.45. The molecule has 108 valence electrons. The molecule has 2 aromatic rings. The zero-order valence-electron chi connectivity index (χ0n) is 11.9. The van der Waals surface area contributed by atoms with Crippen LogP contribution in [0, 0.1) is 11.6 Å². The number of halogens is 2. The maximum atomic E-state index is 13.4. The minimum atomic E-state index is -0.588. The van der Waals surface area contributed by atoms with Gasteiger partial charge in [0.15, 0.2) is 0 Å². The molecule has 0 aliphatic rings. The van der Waals surface area contributed by atoms with Crippen molar-refractivity contribution in [2.24, 2.45) is 0 Å². The molecule has 20 heavy (non-hydrogen) atoms. The molecular formula is C14H17F2N3S. The van der Waals surface area contributed by atoms with Crippen molar-refractivity contribution in [3.05, 3.63) is 46.0 Å². The summed E-state index contributed by atoms with van der Waals surface area (Å²) in [7, 11) is 1.75. The van der Waals surface area contributed by atoms with Gasteiger partial charge >= 0.3 is 0 Å². The lowest BCUT2D eigenvalue weighted by Gasteiger charge is -2.21. The van der Waals surface area contributed by atoms with Gasteiger partial charge in [0.1, 0.15) is 11.6 Å². The largest absolute Gasteiger partial charge is 0.309 e. The van der Waals surface area contributed by atoms with Crippen LogP contribution in [0.3, 0.4) is 0 Å². The van der Waals surface area contributed by atoms with E-state index in [1.807, 2.05) is 20.8 Å². The van der Waals surface area contributed by atoms with Gasteiger partial charge in [-0.2, -0.15) is 0 Å². The molecule has 1 heterocycles. The quantitative estimate of drug-likeness (QED) is 0.943. The molecule has 1 unspecified atom stereocenters. The summed E-state index contributed by atoms with van der Waals surface area (Å²) >= 11 is 1.25. The molecule has 1 N–H and O–H groups in total. The minimum absolute atomic E-state index is 0.177. The Bertz CT molecular complexity index is 584. The number of aromatic nitrogens is 2. The number of benzene rings is 1.